The van der Waals surface area contributed by atoms with Crippen LogP contribution in [0.4, 0.5) is 5.69 Å². The fourth-order valence-corrected chi connectivity index (χ4v) is 4.39. The lowest BCUT2D eigenvalue weighted by molar-refractivity contribution is 0.468. The molecule has 2 aromatic rings. The molecule has 0 spiro atoms. The molecule has 1 aliphatic rings. The van der Waals surface area contributed by atoms with Gasteiger partial charge in [0.05, 0.1) is 10.7 Å². The van der Waals surface area contributed by atoms with Gasteiger partial charge in [-0.25, -0.2) is 4.98 Å². The molecule has 0 amide bonds. The summed E-state index contributed by atoms with van der Waals surface area (Å²) in [5.41, 5.74) is 2.46. The molecule has 1 fully saturated rings. The third-order valence-electron chi connectivity index (χ3n) is 4.75. The Morgan fingerprint density at radius 1 is 1.31 bits per heavy atom. The predicted molar refractivity (Wildman–Crippen MR) is 111 cm³/mol. The monoisotopic (exact) mass is 371 g/mol. The van der Waals surface area contributed by atoms with E-state index < -0.39 is 0 Å². The van der Waals surface area contributed by atoms with Crippen molar-refractivity contribution in [3.8, 4) is 0 Å². The summed E-state index contributed by atoms with van der Waals surface area (Å²) in [5.74, 6) is 0.892. The first-order valence-corrected chi connectivity index (χ1v) is 10.2. The minimum atomic E-state index is 0.419. The summed E-state index contributed by atoms with van der Waals surface area (Å²) in [6.07, 6.45) is 3.36. The van der Waals surface area contributed by atoms with Crippen LogP contribution in [-0.2, 0) is 6.42 Å². The minimum Gasteiger partial charge on any atom is -0.369 e. The zero-order valence-electron chi connectivity index (χ0n) is 16.0. The number of aromatic nitrogens is 1. The van der Waals surface area contributed by atoms with E-state index in [0.29, 0.717) is 6.04 Å². The summed E-state index contributed by atoms with van der Waals surface area (Å²) in [7, 11) is 1.84. The number of anilines is 1. The Morgan fingerprint density at radius 2 is 2.12 bits per heavy atom. The van der Waals surface area contributed by atoms with Crippen LogP contribution in [0.15, 0.2) is 35.3 Å². The van der Waals surface area contributed by atoms with Gasteiger partial charge in [-0.15, -0.1) is 11.3 Å². The Labute approximate surface area is 160 Å². The lowest BCUT2D eigenvalue weighted by Crippen LogP contribution is -2.51. The molecule has 1 atom stereocenters. The Bertz CT molecular complexity index is 725. The number of piperidine rings is 1. The van der Waals surface area contributed by atoms with Crippen LogP contribution in [0.25, 0.3) is 0 Å². The number of hydrogen-bond acceptors (Lipinski definition) is 4. The molecule has 0 saturated carbocycles. The Morgan fingerprint density at radius 3 is 2.81 bits per heavy atom. The minimum absolute atomic E-state index is 0.419. The van der Waals surface area contributed by atoms with Crippen molar-refractivity contribution in [3.63, 3.8) is 0 Å². The van der Waals surface area contributed by atoms with Crippen molar-refractivity contribution in [3.05, 3.63) is 45.9 Å². The second-order valence-corrected chi connectivity index (χ2v) is 8.04. The molecule has 1 aliphatic heterocycles. The molecule has 1 saturated heterocycles. The number of benzene rings is 1. The molecular weight excluding hydrogens is 342 g/mol. The number of aliphatic imine (C=N–C) groups is 1. The maximum Gasteiger partial charge on any atom is 0.191 e. The van der Waals surface area contributed by atoms with Crippen LogP contribution in [0.1, 0.15) is 28.4 Å². The highest BCUT2D eigenvalue weighted by molar-refractivity contribution is 7.11. The van der Waals surface area contributed by atoms with Gasteiger partial charge in [-0.1, -0.05) is 18.2 Å². The first-order chi connectivity index (χ1) is 12.7. The third kappa shape index (κ3) is 4.97. The van der Waals surface area contributed by atoms with Crippen molar-refractivity contribution >= 4 is 23.0 Å². The first-order valence-electron chi connectivity index (χ1n) is 9.36. The van der Waals surface area contributed by atoms with E-state index in [-0.39, 0.29) is 0 Å². The van der Waals surface area contributed by atoms with Gasteiger partial charge in [-0.3, -0.25) is 4.99 Å². The number of aryl methyl sites for hydroxylation is 2. The summed E-state index contributed by atoms with van der Waals surface area (Å²) in [5, 5.41) is 8.19. The molecule has 3 rings (SSSR count). The summed E-state index contributed by atoms with van der Waals surface area (Å²) in [6.45, 7) is 7.16. The van der Waals surface area contributed by atoms with Gasteiger partial charge < -0.3 is 15.5 Å². The topological polar surface area (TPSA) is 52.6 Å². The van der Waals surface area contributed by atoms with E-state index in [1.807, 2.05) is 7.05 Å². The molecule has 5 nitrogen and oxygen atoms in total. The van der Waals surface area contributed by atoms with Crippen molar-refractivity contribution in [2.24, 2.45) is 4.99 Å². The van der Waals surface area contributed by atoms with Gasteiger partial charge in [-0.2, -0.15) is 0 Å². The summed E-state index contributed by atoms with van der Waals surface area (Å²) < 4.78 is 0. The highest BCUT2D eigenvalue weighted by Crippen LogP contribution is 2.19. The molecule has 0 radical (unpaired) electrons. The Balaban J connectivity index is 1.49. The molecule has 2 heterocycles. The summed E-state index contributed by atoms with van der Waals surface area (Å²) in [4.78, 5) is 12.7. The van der Waals surface area contributed by atoms with E-state index in [0.717, 1.165) is 42.7 Å². The van der Waals surface area contributed by atoms with E-state index in [1.165, 1.54) is 23.4 Å². The quantitative estimate of drug-likeness (QED) is 0.626. The molecule has 1 aromatic carbocycles. The third-order valence-corrected chi connectivity index (χ3v) is 5.88. The maximum atomic E-state index is 4.50. The Kier molecular flexibility index (Phi) is 6.50. The fourth-order valence-electron chi connectivity index (χ4n) is 3.46. The zero-order valence-corrected chi connectivity index (χ0v) is 16.8. The van der Waals surface area contributed by atoms with Crippen molar-refractivity contribution in [2.75, 3.05) is 31.6 Å². The van der Waals surface area contributed by atoms with E-state index >= 15 is 0 Å². The van der Waals surface area contributed by atoms with Crippen molar-refractivity contribution in [1.29, 1.82) is 0 Å². The molecular formula is C20H29N5S. The second kappa shape index (κ2) is 9.03. The smallest absolute Gasteiger partial charge is 0.191 e. The van der Waals surface area contributed by atoms with Crippen molar-refractivity contribution in [2.45, 2.75) is 39.2 Å². The van der Waals surface area contributed by atoms with Gasteiger partial charge >= 0.3 is 0 Å². The number of nitrogens with zero attached hydrogens (tertiary/aromatic N) is 3. The molecule has 0 bridgehead atoms. The van der Waals surface area contributed by atoms with Crippen LogP contribution in [0.3, 0.4) is 0 Å². The van der Waals surface area contributed by atoms with E-state index in [9.17, 15) is 0 Å². The van der Waals surface area contributed by atoms with Gasteiger partial charge in [0.1, 0.15) is 0 Å². The second-order valence-electron chi connectivity index (χ2n) is 6.76. The predicted octanol–water partition coefficient (Wildman–Crippen LogP) is 3.14. The van der Waals surface area contributed by atoms with E-state index in [4.69, 9.17) is 0 Å². The maximum absolute atomic E-state index is 4.50. The van der Waals surface area contributed by atoms with E-state index in [1.54, 1.807) is 11.3 Å². The summed E-state index contributed by atoms with van der Waals surface area (Å²) >= 11 is 1.79. The normalized spacial score (nSPS) is 18.0. The van der Waals surface area contributed by atoms with Crippen LogP contribution >= 0.6 is 11.3 Å². The van der Waals surface area contributed by atoms with Crippen LogP contribution in [0, 0.1) is 13.8 Å². The number of para-hydroxylation sites is 1. The molecule has 6 heteroatoms. The van der Waals surface area contributed by atoms with Gasteiger partial charge in [0.15, 0.2) is 5.96 Å². The molecule has 0 aliphatic carbocycles. The first kappa shape index (κ1) is 18.7. The van der Waals surface area contributed by atoms with Crippen molar-refractivity contribution < 1.29 is 0 Å². The molecule has 2 N–H and O–H groups in total. The largest absolute Gasteiger partial charge is 0.369 e. The number of thiazole rings is 1. The zero-order chi connectivity index (χ0) is 18.4. The Hall–Kier alpha value is -2.08. The highest BCUT2D eigenvalue weighted by Gasteiger charge is 2.20. The number of nitrogens with one attached hydrogen (secondary N) is 2. The molecule has 1 unspecified atom stereocenters. The van der Waals surface area contributed by atoms with Crippen LogP contribution in [0.2, 0.25) is 0 Å². The average molecular weight is 372 g/mol. The van der Waals surface area contributed by atoms with Gasteiger partial charge in [0, 0.05) is 49.7 Å². The fraction of sp³-hybridized carbons (Fsp3) is 0.500. The highest BCUT2D eigenvalue weighted by atomic mass is 32.1. The number of hydrogen-bond donors (Lipinski definition) is 2. The molecule has 26 heavy (non-hydrogen) atoms. The van der Waals surface area contributed by atoms with Gasteiger partial charge in [0.2, 0.25) is 0 Å². The van der Waals surface area contributed by atoms with Gasteiger partial charge in [0.25, 0.3) is 0 Å². The van der Waals surface area contributed by atoms with Gasteiger partial charge in [-0.05, 0) is 38.8 Å². The lowest BCUT2D eigenvalue weighted by atomic mass is 10.1. The van der Waals surface area contributed by atoms with Crippen LogP contribution < -0.4 is 15.5 Å². The van der Waals surface area contributed by atoms with E-state index in [2.05, 4.69) is 69.7 Å². The van der Waals surface area contributed by atoms with Crippen LogP contribution in [-0.4, -0.2) is 43.7 Å². The standard InChI is InChI=1S/C20H29N5S/c1-15-19(26-16(2)23-15)11-12-22-20(21-3)24-17-8-7-13-25(14-17)18-9-5-4-6-10-18/h4-6,9-10,17H,7-8,11-14H2,1-3H3,(H2,21,22,24). The van der Waals surface area contributed by atoms with Crippen molar-refractivity contribution in [1.82, 2.24) is 15.6 Å². The number of rotatable bonds is 5. The summed E-state index contributed by atoms with van der Waals surface area (Å²) in [6, 6.07) is 11.1. The lowest BCUT2D eigenvalue weighted by Gasteiger charge is -2.35. The average Bonchev–Trinajstić information content (AvgIpc) is 2.99. The number of guanidine groups is 1. The SMILES string of the molecule is CN=C(NCCc1sc(C)nc1C)NC1CCCN(c2ccccc2)C1. The van der Waals surface area contributed by atoms with Crippen LogP contribution in [0.5, 0.6) is 0 Å². The molecule has 1 aromatic heterocycles. The molecule has 140 valence electrons.